The summed E-state index contributed by atoms with van der Waals surface area (Å²) in [5.41, 5.74) is 9.64. The third-order valence-electron chi connectivity index (χ3n) is 4.04. The van der Waals surface area contributed by atoms with Gasteiger partial charge in [-0.25, -0.2) is 4.98 Å². The molecule has 1 heterocycles. The van der Waals surface area contributed by atoms with Crippen LogP contribution in [0.25, 0.3) is 22.7 Å². The molecular formula is C20H19N3O3. The number of hydrogen-bond acceptors (Lipinski definition) is 5. The van der Waals surface area contributed by atoms with Crippen LogP contribution in [0, 0.1) is 5.41 Å². The van der Waals surface area contributed by atoms with E-state index in [1.54, 1.807) is 18.4 Å². The molecule has 6 nitrogen and oxygen atoms in total. The maximum Gasteiger partial charge on any atom is 0.305 e. The Kier molecular flexibility index (Phi) is 5.12. The van der Waals surface area contributed by atoms with E-state index in [9.17, 15) is 4.79 Å². The monoisotopic (exact) mass is 349 g/mol. The van der Waals surface area contributed by atoms with Gasteiger partial charge in [-0.3, -0.25) is 10.2 Å². The van der Waals surface area contributed by atoms with Crippen LogP contribution < -0.4 is 5.73 Å². The fourth-order valence-electron chi connectivity index (χ4n) is 2.52. The van der Waals surface area contributed by atoms with Crippen molar-refractivity contribution in [3.05, 3.63) is 65.9 Å². The highest BCUT2D eigenvalue weighted by atomic mass is 16.5. The van der Waals surface area contributed by atoms with E-state index >= 15 is 0 Å². The smallest absolute Gasteiger partial charge is 0.305 e. The summed E-state index contributed by atoms with van der Waals surface area (Å²) in [5, 5.41) is 7.43. The van der Waals surface area contributed by atoms with Gasteiger partial charge in [0, 0.05) is 23.1 Å². The van der Waals surface area contributed by atoms with Crippen LogP contribution in [0.4, 0.5) is 0 Å². The highest BCUT2D eigenvalue weighted by Crippen LogP contribution is 2.25. The highest BCUT2D eigenvalue weighted by Gasteiger charge is 2.09. The molecule has 0 aliphatic heterocycles. The van der Waals surface area contributed by atoms with Crippen molar-refractivity contribution in [1.29, 1.82) is 5.41 Å². The molecule has 26 heavy (non-hydrogen) atoms. The minimum atomic E-state index is -0.220. The number of ether oxygens (including phenoxy) is 1. The molecule has 132 valence electrons. The number of nitrogens with one attached hydrogen (secondary N) is 1. The lowest BCUT2D eigenvalue weighted by molar-refractivity contribution is -0.140. The molecule has 0 aliphatic rings. The van der Waals surface area contributed by atoms with Crippen LogP contribution in [-0.2, 0) is 16.0 Å². The average Bonchev–Trinajstić information content (AvgIpc) is 3.16. The predicted molar refractivity (Wildman–Crippen MR) is 98.7 cm³/mol. The Bertz CT molecular complexity index is 912. The summed E-state index contributed by atoms with van der Waals surface area (Å²) in [5.74, 6) is 0.335. The Labute approximate surface area is 151 Å². The Morgan fingerprint density at radius 2 is 1.77 bits per heavy atom. The van der Waals surface area contributed by atoms with E-state index < -0.39 is 0 Å². The van der Waals surface area contributed by atoms with E-state index in [2.05, 4.69) is 9.72 Å². The van der Waals surface area contributed by atoms with Crippen molar-refractivity contribution in [3.8, 4) is 22.7 Å². The molecule has 0 saturated heterocycles. The van der Waals surface area contributed by atoms with E-state index in [0.717, 1.165) is 16.7 Å². The van der Waals surface area contributed by atoms with E-state index in [1.807, 2.05) is 36.4 Å². The maximum absolute atomic E-state index is 11.2. The van der Waals surface area contributed by atoms with Crippen LogP contribution in [0.15, 0.2) is 59.2 Å². The van der Waals surface area contributed by atoms with Crippen molar-refractivity contribution in [2.24, 2.45) is 5.73 Å². The number of aryl methyl sites for hydroxylation is 1. The molecule has 0 fully saturated rings. The number of esters is 1. The summed E-state index contributed by atoms with van der Waals surface area (Å²) < 4.78 is 10.2. The third-order valence-corrected chi connectivity index (χ3v) is 4.04. The van der Waals surface area contributed by atoms with Gasteiger partial charge in [-0.15, -0.1) is 0 Å². The minimum absolute atomic E-state index is 0.0321. The quantitative estimate of drug-likeness (QED) is 0.403. The summed E-state index contributed by atoms with van der Waals surface area (Å²) in [6.45, 7) is 0. The predicted octanol–water partition coefficient (Wildman–Crippen LogP) is 3.40. The number of nitrogen functional groups attached to an aromatic ring is 1. The number of aromatic nitrogens is 1. The molecule has 0 radical (unpaired) electrons. The van der Waals surface area contributed by atoms with Crippen molar-refractivity contribution in [2.45, 2.75) is 12.8 Å². The molecule has 2 aromatic carbocycles. The zero-order valence-electron chi connectivity index (χ0n) is 14.4. The first kappa shape index (κ1) is 17.4. The largest absolute Gasteiger partial charge is 0.469 e. The van der Waals surface area contributed by atoms with Crippen LogP contribution in [0.1, 0.15) is 17.5 Å². The van der Waals surface area contributed by atoms with E-state index in [4.69, 9.17) is 15.6 Å². The first-order chi connectivity index (χ1) is 12.6. The summed E-state index contributed by atoms with van der Waals surface area (Å²) in [4.78, 5) is 15.7. The highest BCUT2D eigenvalue weighted by molar-refractivity contribution is 5.95. The first-order valence-electron chi connectivity index (χ1n) is 8.13. The molecule has 0 amide bonds. The molecule has 0 aliphatic carbocycles. The Hall–Kier alpha value is -3.41. The van der Waals surface area contributed by atoms with Gasteiger partial charge in [0.05, 0.1) is 7.11 Å². The van der Waals surface area contributed by atoms with Crippen molar-refractivity contribution in [1.82, 2.24) is 4.98 Å². The molecule has 0 saturated carbocycles. The van der Waals surface area contributed by atoms with E-state index in [-0.39, 0.29) is 11.8 Å². The van der Waals surface area contributed by atoms with Crippen LogP contribution in [0.2, 0.25) is 0 Å². The van der Waals surface area contributed by atoms with Gasteiger partial charge in [-0.2, -0.15) is 0 Å². The molecule has 6 heteroatoms. The van der Waals surface area contributed by atoms with Gasteiger partial charge in [0.15, 0.2) is 0 Å². The van der Waals surface area contributed by atoms with Gasteiger partial charge in [0.25, 0.3) is 0 Å². The Morgan fingerprint density at radius 3 is 2.38 bits per heavy atom. The van der Waals surface area contributed by atoms with Crippen LogP contribution in [0.3, 0.4) is 0 Å². The molecule has 0 unspecified atom stereocenters. The van der Waals surface area contributed by atoms with Gasteiger partial charge in [0.2, 0.25) is 5.89 Å². The summed E-state index contributed by atoms with van der Waals surface area (Å²) in [6.07, 6.45) is 2.59. The number of carbonyl (C=O) groups excluding carboxylic acids is 1. The number of rotatable bonds is 6. The number of hydrogen-bond donors (Lipinski definition) is 2. The zero-order chi connectivity index (χ0) is 18.5. The van der Waals surface area contributed by atoms with Crippen molar-refractivity contribution >= 4 is 11.8 Å². The van der Waals surface area contributed by atoms with E-state index in [1.165, 1.54) is 7.11 Å². The molecular weight excluding hydrogens is 330 g/mol. The molecule has 1 aromatic heterocycles. The normalized spacial score (nSPS) is 10.5. The lowest BCUT2D eigenvalue weighted by Gasteiger charge is -2.02. The Morgan fingerprint density at radius 1 is 1.12 bits per heavy atom. The minimum Gasteiger partial charge on any atom is -0.469 e. The standard InChI is InChI=1S/C20H19N3O3/c1-25-18(24)11-4-13-2-5-16(6-3-13)20-23-17(12-26-20)14-7-9-15(10-8-14)19(21)22/h2-3,5-10,12H,4,11H2,1H3,(H3,21,22). The Balaban J connectivity index is 1.73. The summed E-state index contributed by atoms with van der Waals surface area (Å²) in [7, 11) is 1.39. The third kappa shape index (κ3) is 3.97. The second-order valence-corrected chi connectivity index (χ2v) is 5.80. The first-order valence-corrected chi connectivity index (χ1v) is 8.13. The fourth-order valence-corrected chi connectivity index (χ4v) is 2.52. The molecule has 0 atom stereocenters. The van der Waals surface area contributed by atoms with Crippen LogP contribution in [0.5, 0.6) is 0 Å². The van der Waals surface area contributed by atoms with Crippen molar-refractivity contribution in [3.63, 3.8) is 0 Å². The number of methoxy groups -OCH3 is 1. The molecule has 0 bridgehead atoms. The number of carbonyl (C=O) groups is 1. The van der Waals surface area contributed by atoms with Gasteiger partial charge in [-0.1, -0.05) is 36.4 Å². The van der Waals surface area contributed by atoms with Gasteiger partial charge in [0.1, 0.15) is 17.8 Å². The fraction of sp³-hybridized carbons (Fsp3) is 0.150. The lowest BCUT2D eigenvalue weighted by atomic mass is 10.1. The number of benzene rings is 2. The van der Waals surface area contributed by atoms with Crippen molar-refractivity contribution in [2.75, 3.05) is 7.11 Å². The van der Waals surface area contributed by atoms with Gasteiger partial charge in [-0.05, 0) is 24.1 Å². The zero-order valence-corrected chi connectivity index (χ0v) is 14.4. The molecule has 3 rings (SSSR count). The number of oxazole rings is 1. The van der Waals surface area contributed by atoms with E-state index in [0.29, 0.717) is 30.0 Å². The maximum atomic E-state index is 11.2. The molecule has 0 spiro atoms. The topological polar surface area (TPSA) is 102 Å². The number of amidine groups is 1. The number of nitrogens with two attached hydrogens (primary N) is 1. The second kappa shape index (κ2) is 7.65. The lowest BCUT2D eigenvalue weighted by Crippen LogP contribution is -2.10. The van der Waals surface area contributed by atoms with Crippen LogP contribution >= 0.6 is 0 Å². The van der Waals surface area contributed by atoms with Crippen molar-refractivity contribution < 1.29 is 13.9 Å². The van der Waals surface area contributed by atoms with Gasteiger partial charge < -0.3 is 14.9 Å². The average molecular weight is 349 g/mol. The molecule has 3 N–H and O–H groups in total. The SMILES string of the molecule is COC(=O)CCc1ccc(-c2nc(-c3ccc(C(=N)N)cc3)co2)cc1. The summed E-state index contributed by atoms with van der Waals surface area (Å²) >= 11 is 0. The van der Waals surface area contributed by atoms with Crippen LogP contribution in [-0.4, -0.2) is 23.9 Å². The summed E-state index contributed by atoms with van der Waals surface area (Å²) in [6, 6.07) is 15.0. The number of nitrogens with zero attached hydrogens (tertiary/aromatic N) is 1. The van der Waals surface area contributed by atoms with Gasteiger partial charge >= 0.3 is 5.97 Å². The second-order valence-electron chi connectivity index (χ2n) is 5.80. The molecule has 3 aromatic rings.